The van der Waals surface area contributed by atoms with Crippen LogP contribution in [0.2, 0.25) is 0 Å². The number of hydrogen-bond donors (Lipinski definition) is 0. The van der Waals surface area contributed by atoms with Crippen LogP contribution < -0.4 is 0 Å². The minimum atomic E-state index is -0.341. The van der Waals surface area contributed by atoms with E-state index in [9.17, 15) is 0 Å². The van der Waals surface area contributed by atoms with Crippen LogP contribution in [0.25, 0.3) is 11.4 Å². The van der Waals surface area contributed by atoms with E-state index in [2.05, 4.69) is 148 Å². The molecule has 2 fully saturated rings. The lowest BCUT2D eigenvalue weighted by atomic mass is 9.76. The van der Waals surface area contributed by atoms with Crippen LogP contribution >= 0.6 is 0 Å². The Morgan fingerprint density at radius 2 is 0.862 bits per heavy atom. The molecule has 0 aromatic heterocycles. The molecule has 0 unspecified atom stereocenters. The standard InChI is InChI=1S/2C26H30N2O/c2*1-20-13-15-21(16-14-20)24-17-26(18-25(28-24)29-2,22-9-5-3-6-10-22)19-27-23-11-7-4-8-12-23/h2*3,5-6,9-10,13-17,19,23H,4,7-8,11-12,18H2,1-2H3/t2*26-/m11/s1. The van der Waals surface area contributed by atoms with Crippen LogP contribution in [0.1, 0.15) is 110 Å². The first kappa shape index (κ1) is 40.8. The van der Waals surface area contributed by atoms with E-state index in [4.69, 9.17) is 29.4 Å². The number of aliphatic imine (C=N–C) groups is 4. The molecule has 2 aliphatic carbocycles. The number of hydrogen-bond acceptors (Lipinski definition) is 6. The van der Waals surface area contributed by atoms with Gasteiger partial charge in [-0.3, -0.25) is 9.98 Å². The van der Waals surface area contributed by atoms with Gasteiger partial charge in [0.05, 0.1) is 36.4 Å². The third-order valence-electron chi connectivity index (χ3n) is 12.1. The van der Waals surface area contributed by atoms with Crippen LogP contribution in [-0.2, 0) is 20.3 Å². The Morgan fingerprint density at radius 3 is 1.21 bits per heavy atom. The third-order valence-corrected chi connectivity index (χ3v) is 12.1. The molecule has 0 N–H and O–H groups in total. The van der Waals surface area contributed by atoms with Crippen LogP contribution in [0, 0.1) is 13.8 Å². The van der Waals surface area contributed by atoms with Crippen molar-refractivity contribution in [3.05, 3.63) is 155 Å². The number of ether oxygens (including phenoxy) is 2. The molecule has 58 heavy (non-hydrogen) atoms. The predicted octanol–water partition coefficient (Wildman–Crippen LogP) is 12.3. The minimum Gasteiger partial charge on any atom is -0.484 e. The van der Waals surface area contributed by atoms with Crippen molar-refractivity contribution in [2.45, 2.75) is 114 Å². The molecule has 4 aliphatic rings. The van der Waals surface area contributed by atoms with Crippen molar-refractivity contribution in [2.75, 3.05) is 14.2 Å². The zero-order valence-electron chi connectivity index (χ0n) is 34.9. The summed E-state index contributed by atoms with van der Waals surface area (Å²) < 4.78 is 11.4. The van der Waals surface area contributed by atoms with Gasteiger partial charge in [0.2, 0.25) is 0 Å². The largest absolute Gasteiger partial charge is 0.484 e. The molecule has 0 amide bonds. The van der Waals surface area contributed by atoms with E-state index in [1.165, 1.54) is 86.5 Å². The summed E-state index contributed by atoms with van der Waals surface area (Å²) in [6.45, 7) is 4.21. The summed E-state index contributed by atoms with van der Waals surface area (Å²) >= 11 is 0. The molecule has 2 saturated carbocycles. The molecule has 6 nitrogen and oxygen atoms in total. The molecule has 2 atom stereocenters. The van der Waals surface area contributed by atoms with Gasteiger partial charge in [-0.05, 0) is 73.9 Å². The van der Waals surface area contributed by atoms with Crippen LogP contribution in [0.15, 0.2) is 141 Å². The molecule has 0 saturated heterocycles. The zero-order chi connectivity index (χ0) is 40.2. The van der Waals surface area contributed by atoms with E-state index >= 15 is 0 Å². The molecule has 0 bridgehead atoms. The lowest BCUT2D eigenvalue weighted by Gasteiger charge is -2.32. The van der Waals surface area contributed by atoms with Crippen molar-refractivity contribution in [1.82, 2.24) is 0 Å². The first-order chi connectivity index (χ1) is 28.4. The summed E-state index contributed by atoms with van der Waals surface area (Å²) in [5, 5.41) is 0. The number of methoxy groups -OCH3 is 2. The highest BCUT2D eigenvalue weighted by molar-refractivity contribution is 5.96. The van der Waals surface area contributed by atoms with Crippen LogP contribution in [0.3, 0.4) is 0 Å². The molecule has 4 aromatic rings. The number of allylic oxidation sites excluding steroid dienone is 2. The lowest BCUT2D eigenvalue weighted by Crippen LogP contribution is -2.33. The van der Waals surface area contributed by atoms with E-state index in [0.717, 1.165) is 34.3 Å². The Labute approximate surface area is 346 Å². The summed E-state index contributed by atoms with van der Waals surface area (Å²) in [7, 11) is 3.43. The second kappa shape index (κ2) is 19.4. The summed E-state index contributed by atoms with van der Waals surface area (Å²) in [4.78, 5) is 19.8. The molecule has 4 aromatic carbocycles. The summed E-state index contributed by atoms with van der Waals surface area (Å²) in [5.41, 5.74) is 8.38. The molecule has 300 valence electrons. The molecule has 8 rings (SSSR count). The molecular weight excluding hydrogens is 713 g/mol. The second-order valence-electron chi connectivity index (χ2n) is 16.5. The molecule has 2 aliphatic heterocycles. The first-order valence-corrected chi connectivity index (χ1v) is 21.4. The van der Waals surface area contributed by atoms with Gasteiger partial charge in [0, 0.05) is 37.4 Å². The van der Waals surface area contributed by atoms with Gasteiger partial charge in [0.25, 0.3) is 0 Å². The minimum absolute atomic E-state index is 0.341. The van der Waals surface area contributed by atoms with Crippen LogP contribution in [0.4, 0.5) is 0 Å². The van der Waals surface area contributed by atoms with Crippen molar-refractivity contribution >= 4 is 35.6 Å². The maximum absolute atomic E-state index is 5.68. The van der Waals surface area contributed by atoms with E-state index in [1.54, 1.807) is 14.2 Å². The molecule has 6 heteroatoms. The van der Waals surface area contributed by atoms with Gasteiger partial charge in [0.1, 0.15) is 0 Å². The van der Waals surface area contributed by atoms with Crippen LogP contribution in [-0.4, -0.2) is 50.5 Å². The van der Waals surface area contributed by atoms with Gasteiger partial charge in [-0.1, -0.05) is 159 Å². The zero-order valence-corrected chi connectivity index (χ0v) is 34.9. The van der Waals surface area contributed by atoms with Gasteiger partial charge in [-0.25, -0.2) is 9.98 Å². The summed E-state index contributed by atoms with van der Waals surface area (Å²) in [6, 6.07) is 39.2. The van der Waals surface area contributed by atoms with Crippen molar-refractivity contribution in [1.29, 1.82) is 0 Å². The van der Waals surface area contributed by atoms with Crippen molar-refractivity contribution in [2.24, 2.45) is 20.0 Å². The maximum Gasteiger partial charge on any atom is 0.189 e. The Bertz CT molecular complexity index is 1970. The van der Waals surface area contributed by atoms with Gasteiger partial charge < -0.3 is 9.47 Å². The highest BCUT2D eigenvalue weighted by Crippen LogP contribution is 2.39. The summed E-state index contributed by atoms with van der Waals surface area (Å²) in [5.74, 6) is 1.50. The fourth-order valence-electron chi connectivity index (χ4n) is 8.60. The van der Waals surface area contributed by atoms with E-state index in [1.807, 2.05) is 0 Å². The lowest BCUT2D eigenvalue weighted by molar-refractivity contribution is 0.381. The molecular formula is C52H60N4O2. The van der Waals surface area contributed by atoms with E-state index in [-0.39, 0.29) is 10.8 Å². The first-order valence-electron chi connectivity index (χ1n) is 21.4. The van der Waals surface area contributed by atoms with Gasteiger partial charge in [0.15, 0.2) is 11.8 Å². The Hall–Kier alpha value is -5.36. The normalized spacial score (nSPS) is 23.0. The highest BCUT2D eigenvalue weighted by atomic mass is 16.5. The topological polar surface area (TPSA) is 67.9 Å². The number of rotatable bonds is 8. The molecule has 0 spiro atoms. The maximum atomic E-state index is 5.68. The van der Waals surface area contributed by atoms with Crippen molar-refractivity contribution in [3.8, 4) is 0 Å². The molecule has 0 radical (unpaired) electrons. The van der Waals surface area contributed by atoms with Crippen LogP contribution in [0.5, 0.6) is 0 Å². The third kappa shape index (κ3) is 10.2. The van der Waals surface area contributed by atoms with Gasteiger partial charge in [-0.2, -0.15) is 0 Å². The van der Waals surface area contributed by atoms with E-state index < -0.39 is 0 Å². The Kier molecular flexibility index (Phi) is 13.6. The van der Waals surface area contributed by atoms with Gasteiger partial charge >= 0.3 is 0 Å². The SMILES string of the molecule is COC1=NC(c2ccc(C)cc2)=C[C@@](C=NC2CCCCC2)(c2ccccc2)C1.COC1=NC(c2ccc(C)cc2)=C[C@@](C=NC2CCCCC2)(c2ccccc2)C1. The monoisotopic (exact) mass is 772 g/mol. The fourth-order valence-corrected chi connectivity index (χ4v) is 8.60. The predicted molar refractivity (Wildman–Crippen MR) is 243 cm³/mol. The second-order valence-corrected chi connectivity index (χ2v) is 16.5. The number of nitrogens with zero attached hydrogens (tertiary/aromatic N) is 4. The van der Waals surface area contributed by atoms with E-state index in [0.29, 0.717) is 24.9 Å². The fraction of sp³-hybridized carbons (Fsp3) is 0.385. The smallest absolute Gasteiger partial charge is 0.189 e. The summed E-state index contributed by atoms with van der Waals surface area (Å²) in [6.07, 6.45) is 22.9. The highest BCUT2D eigenvalue weighted by Gasteiger charge is 2.36. The average Bonchev–Trinajstić information content (AvgIpc) is 3.29. The van der Waals surface area contributed by atoms with Crippen molar-refractivity contribution in [3.63, 3.8) is 0 Å². The Balaban J connectivity index is 0.000000177. The number of benzene rings is 4. The quantitative estimate of drug-likeness (QED) is 0.167. The van der Waals surface area contributed by atoms with Crippen molar-refractivity contribution < 1.29 is 9.47 Å². The average molecular weight is 773 g/mol. The molecule has 2 heterocycles. The van der Waals surface area contributed by atoms with Gasteiger partial charge in [-0.15, -0.1) is 0 Å². The number of aryl methyl sites for hydroxylation is 2. The Morgan fingerprint density at radius 1 is 0.500 bits per heavy atom.